The SMILES string of the molecule is Cn1nnnc1-c1cccc(NC(=O)CCc2ccc3c(c2)OCO3)c1. The fraction of sp³-hybridized carbons (Fsp3) is 0.222. The fourth-order valence-electron chi connectivity index (χ4n) is 2.79. The van der Waals surface area contributed by atoms with Crippen molar-refractivity contribution in [2.75, 3.05) is 12.1 Å². The molecule has 0 bridgehead atoms. The molecule has 0 unspecified atom stereocenters. The van der Waals surface area contributed by atoms with Crippen LogP contribution in [0.1, 0.15) is 12.0 Å². The molecule has 0 radical (unpaired) electrons. The van der Waals surface area contributed by atoms with E-state index in [9.17, 15) is 4.79 Å². The maximum absolute atomic E-state index is 12.3. The topological polar surface area (TPSA) is 91.2 Å². The zero-order chi connectivity index (χ0) is 17.9. The van der Waals surface area contributed by atoms with Crippen molar-refractivity contribution in [1.82, 2.24) is 20.2 Å². The van der Waals surface area contributed by atoms with E-state index in [1.54, 1.807) is 11.7 Å². The van der Waals surface area contributed by atoms with Crippen LogP contribution in [0, 0.1) is 0 Å². The maximum atomic E-state index is 12.3. The van der Waals surface area contributed by atoms with E-state index in [1.807, 2.05) is 42.5 Å². The highest BCUT2D eigenvalue weighted by atomic mass is 16.7. The zero-order valence-corrected chi connectivity index (χ0v) is 14.2. The van der Waals surface area contributed by atoms with Gasteiger partial charge in [0.1, 0.15) is 0 Å². The molecule has 1 aliphatic heterocycles. The van der Waals surface area contributed by atoms with E-state index >= 15 is 0 Å². The van der Waals surface area contributed by atoms with E-state index in [1.165, 1.54) is 0 Å². The fourth-order valence-corrected chi connectivity index (χ4v) is 2.79. The molecule has 3 aromatic rings. The molecule has 0 saturated carbocycles. The third-order valence-corrected chi connectivity index (χ3v) is 4.10. The first-order valence-corrected chi connectivity index (χ1v) is 8.20. The van der Waals surface area contributed by atoms with E-state index in [4.69, 9.17) is 9.47 Å². The number of ether oxygens (including phenoxy) is 2. The number of fused-ring (bicyclic) bond motifs is 1. The van der Waals surface area contributed by atoms with Crippen molar-refractivity contribution in [1.29, 1.82) is 0 Å². The van der Waals surface area contributed by atoms with Crippen LogP contribution in [0.3, 0.4) is 0 Å². The lowest BCUT2D eigenvalue weighted by Gasteiger charge is -2.07. The number of benzene rings is 2. The Balaban J connectivity index is 1.38. The third-order valence-electron chi connectivity index (χ3n) is 4.10. The van der Waals surface area contributed by atoms with Crippen molar-refractivity contribution in [3.63, 3.8) is 0 Å². The lowest BCUT2D eigenvalue weighted by molar-refractivity contribution is -0.116. The summed E-state index contributed by atoms with van der Waals surface area (Å²) in [4.78, 5) is 12.3. The van der Waals surface area contributed by atoms with Gasteiger partial charge >= 0.3 is 0 Å². The van der Waals surface area contributed by atoms with Crippen molar-refractivity contribution in [3.05, 3.63) is 48.0 Å². The monoisotopic (exact) mass is 351 g/mol. The van der Waals surface area contributed by atoms with Crippen LogP contribution in [-0.4, -0.2) is 32.9 Å². The average molecular weight is 351 g/mol. The number of nitrogens with zero attached hydrogens (tertiary/aromatic N) is 4. The second-order valence-corrected chi connectivity index (χ2v) is 5.94. The molecule has 1 amide bonds. The molecule has 8 heteroatoms. The third kappa shape index (κ3) is 3.34. The van der Waals surface area contributed by atoms with Crippen LogP contribution in [0.25, 0.3) is 11.4 Å². The van der Waals surface area contributed by atoms with Crippen molar-refractivity contribution < 1.29 is 14.3 Å². The van der Waals surface area contributed by atoms with Crippen molar-refractivity contribution >= 4 is 11.6 Å². The first kappa shape index (κ1) is 16.1. The average Bonchev–Trinajstić information content (AvgIpc) is 3.28. The highest BCUT2D eigenvalue weighted by molar-refractivity contribution is 5.91. The van der Waals surface area contributed by atoms with Gasteiger partial charge in [-0.25, -0.2) is 4.68 Å². The molecule has 1 aromatic heterocycles. The summed E-state index contributed by atoms with van der Waals surface area (Å²) in [6.45, 7) is 0.247. The normalized spacial score (nSPS) is 12.2. The molecular formula is C18H17N5O3. The summed E-state index contributed by atoms with van der Waals surface area (Å²) in [5.41, 5.74) is 2.58. The summed E-state index contributed by atoms with van der Waals surface area (Å²) in [6.07, 6.45) is 0.991. The smallest absolute Gasteiger partial charge is 0.231 e. The molecule has 8 nitrogen and oxygen atoms in total. The molecule has 2 aromatic carbocycles. The Kier molecular flexibility index (Phi) is 4.22. The van der Waals surface area contributed by atoms with Gasteiger partial charge in [0.05, 0.1) is 0 Å². The summed E-state index contributed by atoms with van der Waals surface area (Å²) in [5.74, 6) is 2.05. The number of carbonyl (C=O) groups excluding carboxylic acids is 1. The number of carbonyl (C=O) groups is 1. The summed E-state index contributed by atoms with van der Waals surface area (Å²) in [5, 5.41) is 14.3. The predicted molar refractivity (Wildman–Crippen MR) is 93.7 cm³/mol. The molecule has 0 saturated heterocycles. The minimum Gasteiger partial charge on any atom is -0.454 e. The zero-order valence-electron chi connectivity index (χ0n) is 14.2. The van der Waals surface area contributed by atoms with Gasteiger partial charge < -0.3 is 14.8 Å². The molecule has 26 heavy (non-hydrogen) atoms. The summed E-state index contributed by atoms with van der Waals surface area (Å²) >= 11 is 0. The first-order chi connectivity index (χ1) is 12.7. The molecule has 0 atom stereocenters. The quantitative estimate of drug-likeness (QED) is 0.757. The lowest BCUT2D eigenvalue weighted by atomic mass is 10.1. The molecular weight excluding hydrogens is 334 g/mol. The standard InChI is InChI=1S/C18H17N5O3/c1-23-18(20-21-22-23)13-3-2-4-14(10-13)19-17(24)8-6-12-5-7-15-16(9-12)26-11-25-15/h2-5,7,9-10H,6,8,11H2,1H3,(H,19,24). The van der Waals surface area contributed by atoms with Gasteiger partial charge in [-0.05, 0) is 46.7 Å². The van der Waals surface area contributed by atoms with Gasteiger partial charge in [0.15, 0.2) is 17.3 Å². The minimum absolute atomic E-state index is 0.0593. The number of aryl methyl sites for hydroxylation is 2. The Morgan fingerprint density at radius 2 is 2.08 bits per heavy atom. The number of anilines is 1. The van der Waals surface area contributed by atoms with E-state index in [0.717, 1.165) is 22.6 Å². The summed E-state index contributed by atoms with van der Waals surface area (Å²) in [7, 11) is 1.77. The highest BCUT2D eigenvalue weighted by Crippen LogP contribution is 2.32. The van der Waals surface area contributed by atoms with E-state index < -0.39 is 0 Å². The van der Waals surface area contributed by atoms with Crippen molar-refractivity contribution in [3.8, 4) is 22.9 Å². The predicted octanol–water partition coefficient (Wildman–Crippen LogP) is 2.18. The van der Waals surface area contributed by atoms with Crippen molar-refractivity contribution in [2.45, 2.75) is 12.8 Å². The number of tetrazole rings is 1. The summed E-state index contributed by atoms with van der Waals surface area (Å²) < 4.78 is 12.2. The number of aromatic nitrogens is 4. The molecule has 1 aliphatic rings. The van der Waals surface area contributed by atoms with Crippen LogP contribution in [0.4, 0.5) is 5.69 Å². The number of hydrogen-bond donors (Lipinski definition) is 1. The van der Waals surface area contributed by atoms with Crippen LogP contribution in [0.5, 0.6) is 11.5 Å². The number of nitrogens with one attached hydrogen (secondary N) is 1. The number of rotatable bonds is 5. The Bertz CT molecular complexity index is 954. The van der Waals surface area contributed by atoms with Gasteiger partial charge in [-0.2, -0.15) is 0 Å². The van der Waals surface area contributed by atoms with Gasteiger partial charge in [0, 0.05) is 24.7 Å². The van der Waals surface area contributed by atoms with Crippen LogP contribution >= 0.6 is 0 Å². The first-order valence-electron chi connectivity index (χ1n) is 8.20. The molecule has 4 rings (SSSR count). The van der Waals surface area contributed by atoms with Crippen LogP contribution in [-0.2, 0) is 18.3 Å². The second-order valence-electron chi connectivity index (χ2n) is 5.94. The lowest BCUT2D eigenvalue weighted by Crippen LogP contribution is -2.12. The van der Waals surface area contributed by atoms with Crippen LogP contribution in [0.15, 0.2) is 42.5 Å². The van der Waals surface area contributed by atoms with Crippen molar-refractivity contribution in [2.24, 2.45) is 7.05 Å². The van der Waals surface area contributed by atoms with Gasteiger partial charge in [-0.1, -0.05) is 18.2 Å². The number of amides is 1. The Labute approximate surface area is 149 Å². The van der Waals surface area contributed by atoms with Gasteiger partial charge in [-0.3, -0.25) is 4.79 Å². The van der Waals surface area contributed by atoms with E-state index in [0.29, 0.717) is 24.4 Å². The van der Waals surface area contributed by atoms with Gasteiger partial charge in [0.25, 0.3) is 0 Å². The largest absolute Gasteiger partial charge is 0.454 e. The Hall–Kier alpha value is -3.42. The molecule has 0 spiro atoms. The minimum atomic E-state index is -0.0593. The molecule has 0 fully saturated rings. The highest BCUT2D eigenvalue weighted by Gasteiger charge is 2.14. The van der Waals surface area contributed by atoms with Gasteiger partial charge in [-0.15, -0.1) is 5.10 Å². The van der Waals surface area contributed by atoms with Gasteiger partial charge in [0.2, 0.25) is 12.7 Å². The Morgan fingerprint density at radius 1 is 1.19 bits per heavy atom. The number of hydrogen-bond acceptors (Lipinski definition) is 6. The molecule has 0 aliphatic carbocycles. The van der Waals surface area contributed by atoms with Crippen LogP contribution < -0.4 is 14.8 Å². The van der Waals surface area contributed by atoms with Crippen LogP contribution in [0.2, 0.25) is 0 Å². The Morgan fingerprint density at radius 3 is 2.92 bits per heavy atom. The molecule has 132 valence electrons. The molecule has 1 N–H and O–H groups in total. The summed E-state index contributed by atoms with van der Waals surface area (Å²) in [6, 6.07) is 13.2. The van der Waals surface area contributed by atoms with E-state index in [2.05, 4.69) is 20.8 Å². The molecule has 2 heterocycles. The maximum Gasteiger partial charge on any atom is 0.231 e. The second kappa shape index (κ2) is 6.83. The van der Waals surface area contributed by atoms with E-state index in [-0.39, 0.29) is 12.7 Å².